The van der Waals surface area contributed by atoms with Crippen molar-refractivity contribution in [1.29, 1.82) is 0 Å². The van der Waals surface area contributed by atoms with E-state index in [2.05, 4.69) is 12.2 Å². The Morgan fingerprint density at radius 1 is 1.25 bits per heavy atom. The Morgan fingerprint density at radius 3 is 2.25 bits per heavy atom. The maximum absolute atomic E-state index is 13.2. The van der Waals surface area contributed by atoms with Crippen molar-refractivity contribution in [2.45, 2.75) is 46.1 Å². The van der Waals surface area contributed by atoms with Gasteiger partial charge in [0.25, 0.3) is 0 Å². The van der Waals surface area contributed by atoms with Gasteiger partial charge in [0, 0.05) is 6.04 Å². The average Bonchev–Trinajstić information content (AvgIpc) is 2.21. The molecule has 1 aromatic carbocycles. The van der Waals surface area contributed by atoms with E-state index >= 15 is 0 Å². The fraction of sp³-hybridized carbons (Fsp3) is 0.571. The van der Waals surface area contributed by atoms with Crippen LogP contribution < -0.4 is 5.32 Å². The molecule has 16 heavy (non-hydrogen) atoms. The third-order valence-corrected chi connectivity index (χ3v) is 3.10. The van der Waals surface area contributed by atoms with Crippen LogP contribution in [0.4, 0.5) is 4.39 Å². The second-order valence-electron chi connectivity index (χ2n) is 4.44. The fourth-order valence-electron chi connectivity index (χ4n) is 2.31. The zero-order chi connectivity index (χ0) is 12.1. The highest BCUT2D eigenvalue weighted by Gasteiger charge is 2.14. The summed E-state index contributed by atoms with van der Waals surface area (Å²) in [7, 11) is 1.97. The van der Waals surface area contributed by atoms with Gasteiger partial charge < -0.3 is 5.32 Å². The van der Waals surface area contributed by atoms with Crippen LogP contribution in [-0.2, 0) is 0 Å². The first-order valence-corrected chi connectivity index (χ1v) is 6.04. The predicted molar refractivity (Wildman–Crippen MR) is 67.2 cm³/mol. The monoisotopic (exact) mass is 223 g/mol. The van der Waals surface area contributed by atoms with Gasteiger partial charge in [-0.3, -0.25) is 0 Å². The first-order chi connectivity index (χ1) is 7.60. The molecule has 0 radical (unpaired) electrons. The van der Waals surface area contributed by atoms with Crippen molar-refractivity contribution in [3.8, 4) is 0 Å². The normalized spacial score (nSPS) is 12.8. The third kappa shape index (κ3) is 3.05. The van der Waals surface area contributed by atoms with E-state index in [1.165, 1.54) is 18.4 Å². The molecule has 1 rings (SSSR count). The van der Waals surface area contributed by atoms with Crippen LogP contribution in [-0.4, -0.2) is 7.05 Å². The molecule has 1 nitrogen and oxygen atoms in total. The van der Waals surface area contributed by atoms with Crippen LogP contribution in [0.5, 0.6) is 0 Å². The van der Waals surface area contributed by atoms with E-state index < -0.39 is 0 Å². The molecule has 0 aliphatic carbocycles. The van der Waals surface area contributed by atoms with E-state index in [9.17, 15) is 4.39 Å². The summed E-state index contributed by atoms with van der Waals surface area (Å²) >= 11 is 0. The van der Waals surface area contributed by atoms with Crippen molar-refractivity contribution in [3.05, 3.63) is 34.6 Å². The van der Waals surface area contributed by atoms with Crippen LogP contribution in [0.15, 0.2) is 12.1 Å². The summed E-state index contributed by atoms with van der Waals surface area (Å²) in [5.41, 5.74) is 3.36. The van der Waals surface area contributed by atoms with Gasteiger partial charge in [-0.25, -0.2) is 4.39 Å². The standard InChI is InChI=1S/C14H22FN/c1-5-6-7-13(16-4)14-10(2)8-12(15)9-11(14)3/h8-9,13,16H,5-7H2,1-4H3. The Kier molecular flexibility index (Phi) is 4.94. The summed E-state index contributed by atoms with van der Waals surface area (Å²) < 4.78 is 13.2. The van der Waals surface area contributed by atoms with Gasteiger partial charge in [-0.1, -0.05) is 19.8 Å². The van der Waals surface area contributed by atoms with Crippen LogP contribution in [0.2, 0.25) is 0 Å². The zero-order valence-electron chi connectivity index (χ0n) is 10.7. The third-order valence-electron chi connectivity index (χ3n) is 3.10. The average molecular weight is 223 g/mol. The topological polar surface area (TPSA) is 12.0 Å². The molecule has 1 aromatic rings. The largest absolute Gasteiger partial charge is 0.313 e. The molecule has 0 fully saturated rings. The van der Waals surface area contributed by atoms with Crippen molar-refractivity contribution in [1.82, 2.24) is 5.32 Å². The van der Waals surface area contributed by atoms with Crippen LogP contribution in [0.3, 0.4) is 0 Å². The Morgan fingerprint density at radius 2 is 1.81 bits per heavy atom. The van der Waals surface area contributed by atoms with Gasteiger partial charge in [-0.15, -0.1) is 0 Å². The van der Waals surface area contributed by atoms with Crippen molar-refractivity contribution in [2.75, 3.05) is 7.05 Å². The van der Waals surface area contributed by atoms with Gasteiger partial charge in [0.1, 0.15) is 5.82 Å². The van der Waals surface area contributed by atoms with E-state index in [0.29, 0.717) is 6.04 Å². The number of rotatable bonds is 5. The molecule has 0 heterocycles. The molecular weight excluding hydrogens is 201 g/mol. The van der Waals surface area contributed by atoms with Crippen LogP contribution in [0, 0.1) is 19.7 Å². The zero-order valence-corrected chi connectivity index (χ0v) is 10.7. The number of benzene rings is 1. The summed E-state index contributed by atoms with van der Waals surface area (Å²) in [6.07, 6.45) is 3.50. The lowest BCUT2D eigenvalue weighted by Gasteiger charge is -2.21. The number of halogens is 1. The number of hydrogen-bond acceptors (Lipinski definition) is 1. The molecule has 0 aromatic heterocycles. The van der Waals surface area contributed by atoms with Crippen molar-refractivity contribution in [2.24, 2.45) is 0 Å². The van der Waals surface area contributed by atoms with Crippen LogP contribution in [0.1, 0.15) is 48.9 Å². The van der Waals surface area contributed by atoms with Crippen molar-refractivity contribution < 1.29 is 4.39 Å². The molecule has 0 saturated carbocycles. The lowest BCUT2D eigenvalue weighted by atomic mass is 9.93. The predicted octanol–water partition coefficient (Wildman–Crippen LogP) is 3.89. The summed E-state index contributed by atoms with van der Waals surface area (Å²) in [5.74, 6) is -0.135. The lowest BCUT2D eigenvalue weighted by Crippen LogP contribution is -2.18. The Bertz CT molecular complexity index is 324. The van der Waals surface area contributed by atoms with E-state index in [0.717, 1.165) is 17.5 Å². The van der Waals surface area contributed by atoms with E-state index in [-0.39, 0.29) is 5.82 Å². The van der Waals surface area contributed by atoms with Crippen molar-refractivity contribution in [3.63, 3.8) is 0 Å². The van der Waals surface area contributed by atoms with Gasteiger partial charge in [0.15, 0.2) is 0 Å². The molecule has 1 N–H and O–H groups in total. The highest BCUT2D eigenvalue weighted by molar-refractivity contribution is 5.36. The molecule has 0 amide bonds. The molecule has 0 bridgehead atoms. The van der Waals surface area contributed by atoms with Gasteiger partial charge in [0.2, 0.25) is 0 Å². The first kappa shape index (κ1) is 13.2. The highest BCUT2D eigenvalue weighted by atomic mass is 19.1. The Balaban J connectivity index is 2.99. The molecule has 0 aliphatic rings. The lowest BCUT2D eigenvalue weighted by molar-refractivity contribution is 0.516. The first-order valence-electron chi connectivity index (χ1n) is 6.04. The summed E-state index contributed by atoms with van der Waals surface area (Å²) in [5, 5.41) is 3.33. The quantitative estimate of drug-likeness (QED) is 0.798. The Labute approximate surface area is 98.1 Å². The van der Waals surface area contributed by atoms with E-state index in [4.69, 9.17) is 0 Å². The summed E-state index contributed by atoms with van der Waals surface area (Å²) in [6, 6.07) is 3.59. The number of aryl methyl sites for hydroxylation is 2. The van der Waals surface area contributed by atoms with Gasteiger partial charge in [-0.2, -0.15) is 0 Å². The van der Waals surface area contributed by atoms with E-state index in [1.54, 1.807) is 12.1 Å². The molecule has 90 valence electrons. The van der Waals surface area contributed by atoms with Crippen LogP contribution in [0.25, 0.3) is 0 Å². The SMILES string of the molecule is CCCCC(NC)c1c(C)cc(F)cc1C. The maximum Gasteiger partial charge on any atom is 0.123 e. The second kappa shape index (κ2) is 6.00. The number of hydrogen-bond donors (Lipinski definition) is 1. The molecule has 0 saturated heterocycles. The van der Waals surface area contributed by atoms with Gasteiger partial charge in [0.05, 0.1) is 0 Å². The molecule has 2 heteroatoms. The van der Waals surface area contributed by atoms with Gasteiger partial charge >= 0.3 is 0 Å². The molecule has 0 aliphatic heterocycles. The second-order valence-corrected chi connectivity index (χ2v) is 4.44. The minimum atomic E-state index is -0.135. The van der Waals surface area contributed by atoms with Gasteiger partial charge in [-0.05, 0) is 56.1 Å². The summed E-state index contributed by atoms with van der Waals surface area (Å²) in [4.78, 5) is 0. The minimum Gasteiger partial charge on any atom is -0.313 e. The number of unbranched alkanes of at least 4 members (excludes halogenated alkanes) is 1. The van der Waals surface area contributed by atoms with Crippen molar-refractivity contribution >= 4 is 0 Å². The number of nitrogens with one attached hydrogen (secondary N) is 1. The van der Waals surface area contributed by atoms with Crippen LogP contribution >= 0.6 is 0 Å². The highest BCUT2D eigenvalue weighted by Crippen LogP contribution is 2.26. The molecule has 0 spiro atoms. The molecular formula is C14H22FN. The smallest absolute Gasteiger partial charge is 0.123 e. The molecule has 1 unspecified atom stereocenters. The maximum atomic E-state index is 13.2. The molecule has 1 atom stereocenters. The Hall–Kier alpha value is -0.890. The fourth-order valence-corrected chi connectivity index (χ4v) is 2.31. The van der Waals surface area contributed by atoms with E-state index in [1.807, 2.05) is 20.9 Å². The minimum absolute atomic E-state index is 0.135. The summed E-state index contributed by atoms with van der Waals surface area (Å²) in [6.45, 7) is 6.17.